The Kier molecular flexibility index (Phi) is 4.10. The topological polar surface area (TPSA) is 12.0 Å². The highest BCUT2D eigenvalue weighted by Crippen LogP contribution is 2.24. The number of halogens is 3. The second kappa shape index (κ2) is 5.78. The van der Waals surface area contributed by atoms with Crippen LogP contribution in [-0.4, -0.2) is 0 Å². The fourth-order valence-electron chi connectivity index (χ4n) is 1.95. The zero-order valence-electron chi connectivity index (χ0n) is 10.5. The molecule has 0 aromatic heterocycles. The molecule has 0 heterocycles. The lowest BCUT2D eigenvalue weighted by molar-refractivity contribution is 0.447. The van der Waals surface area contributed by atoms with Crippen molar-refractivity contribution in [3.63, 3.8) is 0 Å². The molecule has 100 valence electrons. The molecule has 1 N–H and O–H groups in total. The maximum absolute atomic E-state index is 13.1. The lowest BCUT2D eigenvalue weighted by Gasteiger charge is -2.19. The lowest BCUT2D eigenvalue weighted by atomic mass is 10.0. The van der Waals surface area contributed by atoms with Gasteiger partial charge in [-0.05, 0) is 12.0 Å². The van der Waals surface area contributed by atoms with E-state index >= 15 is 0 Å². The zero-order valence-corrected chi connectivity index (χ0v) is 10.5. The van der Waals surface area contributed by atoms with E-state index in [4.69, 9.17) is 0 Å². The van der Waals surface area contributed by atoms with Gasteiger partial charge in [-0.1, -0.05) is 37.3 Å². The van der Waals surface area contributed by atoms with E-state index in [0.717, 1.165) is 24.1 Å². The summed E-state index contributed by atoms with van der Waals surface area (Å²) in [6.45, 7) is 1.96. The Hall–Kier alpha value is -1.97. The summed E-state index contributed by atoms with van der Waals surface area (Å²) < 4.78 is 39.2. The molecule has 0 bridgehead atoms. The van der Waals surface area contributed by atoms with Gasteiger partial charge < -0.3 is 5.32 Å². The van der Waals surface area contributed by atoms with E-state index in [1.807, 2.05) is 37.3 Å². The minimum Gasteiger partial charge on any atom is -0.378 e. The van der Waals surface area contributed by atoms with Gasteiger partial charge in [-0.15, -0.1) is 0 Å². The fourth-order valence-corrected chi connectivity index (χ4v) is 1.95. The molecule has 2 aromatic carbocycles. The average Bonchev–Trinajstić information content (AvgIpc) is 2.43. The van der Waals surface area contributed by atoms with Crippen molar-refractivity contribution < 1.29 is 13.2 Å². The average molecular weight is 265 g/mol. The molecule has 1 unspecified atom stereocenters. The van der Waals surface area contributed by atoms with Gasteiger partial charge in [0.15, 0.2) is 17.5 Å². The molecule has 1 atom stereocenters. The smallest absolute Gasteiger partial charge is 0.194 e. The van der Waals surface area contributed by atoms with E-state index in [0.29, 0.717) is 0 Å². The first kappa shape index (κ1) is 13.5. The van der Waals surface area contributed by atoms with Crippen LogP contribution in [0.1, 0.15) is 24.9 Å². The molecule has 19 heavy (non-hydrogen) atoms. The molecule has 0 fully saturated rings. The second-order valence-electron chi connectivity index (χ2n) is 4.27. The first-order valence-electron chi connectivity index (χ1n) is 6.08. The molecule has 0 spiro atoms. The number of hydrogen-bond acceptors (Lipinski definition) is 1. The van der Waals surface area contributed by atoms with Crippen molar-refractivity contribution in [3.8, 4) is 0 Å². The van der Waals surface area contributed by atoms with Crippen LogP contribution < -0.4 is 5.32 Å². The van der Waals surface area contributed by atoms with Crippen molar-refractivity contribution in [2.45, 2.75) is 19.4 Å². The van der Waals surface area contributed by atoms with Gasteiger partial charge >= 0.3 is 0 Å². The van der Waals surface area contributed by atoms with Crippen LogP contribution in [-0.2, 0) is 0 Å². The second-order valence-corrected chi connectivity index (χ2v) is 4.27. The van der Waals surface area contributed by atoms with Crippen molar-refractivity contribution in [1.29, 1.82) is 0 Å². The van der Waals surface area contributed by atoms with Gasteiger partial charge in [-0.25, -0.2) is 13.2 Å². The van der Waals surface area contributed by atoms with Crippen LogP contribution in [0.3, 0.4) is 0 Å². The highest BCUT2D eigenvalue weighted by molar-refractivity contribution is 5.46. The van der Waals surface area contributed by atoms with Crippen LogP contribution in [0.15, 0.2) is 42.5 Å². The fraction of sp³-hybridized carbons (Fsp3) is 0.200. The van der Waals surface area contributed by atoms with Crippen molar-refractivity contribution in [1.82, 2.24) is 0 Å². The molecule has 0 aliphatic rings. The Morgan fingerprint density at radius 1 is 1.00 bits per heavy atom. The summed E-state index contributed by atoms with van der Waals surface area (Å²) in [6, 6.07) is 11.4. The molecule has 2 rings (SSSR count). The third kappa shape index (κ3) is 3.08. The maximum atomic E-state index is 13.1. The minimum absolute atomic E-state index is 0.0783. The summed E-state index contributed by atoms with van der Waals surface area (Å²) in [5, 5.41) is 3.01. The summed E-state index contributed by atoms with van der Waals surface area (Å²) in [4.78, 5) is 0. The third-order valence-electron chi connectivity index (χ3n) is 2.93. The minimum atomic E-state index is -1.45. The van der Waals surface area contributed by atoms with Gasteiger partial charge in [0.25, 0.3) is 0 Å². The lowest BCUT2D eigenvalue weighted by Crippen LogP contribution is -2.10. The van der Waals surface area contributed by atoms with Gasteiger partial charge in [0.05, 0.1) is 6.04 Å². The van der Waals surface area contributed by atoms with E-state index in [2.05, 4.69) is 5.32 Å². The quantitative estimate of drug-likeness (QED) is 0.792. The van der Waals surface area contributed by atoms with Crippen LogP contribution in [0.4, 0.5) is 18.9 Å². The van der Waals surface area contributed by atoms with Crippen LogP contribution in [0.2, 0.25) is 0 Å². The van der Waals surface area contributed by atoms with Crippen molar-refractivity contribution in [2.24, 2.45) is 0 Å². The molecular weight excluding hydrogens is 251 g/mol. The van der Waals surface area contributed by atoms with E-state index < -0.39 is 17.5 Å². The van der Waals surface area contributed by atoms with Gasteiger partial charge in [0.1, 0.15) is 0 Å². The van der Waals surface area contributed by atoms with Crippen LogP contribution in [0, 0.1) is 17.5 Å². The Morgan fingerprint density at radius 3 is 2.11 bits per heavy atom. The summed E-state index contributed by atoms with van der Waals surface area (Å²) in [7, 11) is 0. The molecule has 1 nitrogen and oxygen atoms in total. The number of hydrogen-bond donors (Lipinski definition) is 1. The first-order chi connectivity index (χ1) is 9.11. The van der Waals surface area contributed by atoms with Gasteiger partial charge in [-0.3, -0.25) is 0 Å². The molecule has 2 aromatic rings. The molecule has 0 amide bonds. The van der Waals surface area contributed by atoms with Crippen LogP contribution in [0.25, 0.3) is 0 Å². The van der Waals surface area contributed by atoms with Crippen LogP contribution >= 0.6 is 0 Å². The number of anilines is 1. The summed E-state index contributed by atoms with van der Waals surface area (Å²) in [6.07, 6.45) is 0.741. The Morgan fingerprint density at radius 2 is 1.58 bits per heavy atom. The highest BCUT2D eigenvalue weighted by atomic mass is 19.2. The summed E-state index contributed by atoms with van der Waals surface area (Å²) >= 11 is 0. The van der Waals surface area contributed by atoms with Crippen LogP contribution in [0.5, 0.6) is 0 Å². The first-order valence-corrected chi connectivity index (χ1v) is 6.08. The largest absolute Gasteiger partial charge is 0.378 e. The predicted molar refractivity (Wildman–Crippen MR) is 69.4 cm³/mol. The number of benzene rings is 2. The zero-order chi connectivity index (χ0) is 13.8. The Bertz CT molecular complexity index is 532. The van der Waals surface area contributed by atoms with E-state index in [1.165, 1.54) is 0 Å². The summed E-state index contributed by atoms with van der Waals surface area (Å²) in [5.41, 5.74) is 1.24. The normalized spacial score (nSPS) is 12.2. The number of nitrogens with one attached hydrogen (secondary N) is 1. The van der Waals surface area contributed by atoms with Crippen molar-refractivity contribution >= 4 is 5.69 Å². The molecule has 0 aliphatic carbocycles. The highest BCUT2D eigenvalue weighted by Gasteiger charge is 2.13. The standard InChI is InChI=1S/C15H14F3N/c1-2-14(10-6-4-3-5-7-10)19-11-8-12(16)15(18)13(17)9-11/h3-9,14,19H,2H2,1H3. The van der Waals surface area contributed by atoms with Gasteiger partial charge in [0.2, 0.25) is 0 Å². The number of rotatable bonds is 4. The SMILES string of the molecule is CCC(Nc1cc(F)c(F)c(F)c1)c1ccccc1. The molecule has 0 saturated carbocycles. The van der Waals surface area contributed by atoms with E-state index in [9.17, 15) is 13.2 Å². The van der Waals surface area contributed by atoms with E-state index in [1.54, 1.807) is 0 Å². The monoisotopic (exact) mass is 265 g/mol. The van der Waals surface area contributed by atoms with Gasteiger partial charge in [-0.2, -0.15) is 0 Å². The van der Waals surface area contributed by atoms with Crippen molar-refractivity contribution in [2.75, 3.05) is 5.32 Å². The summed E-state index contributed by atoms with van der Waals surface area (Å²) in [5.74, 6) is -3.82. The predicted octanol–water partition coefficient (Wildman–Crippen LogP) is 4.67. The molecule has 0 saturated heterocycles. The van der Waals surface area contributed by atoms with E-state index in [-0.39, 0.29) is 11.7 Å². The third-order valence-corrected chi connectivity index (χ3v) is 2.93. The molecule has 4 heteroatoms. The Labute approximate surface area is 110 Å². The van der Waals surface area contributed by atoms with Gasteiger partial charge in [0, 0.05) is 17.8 Å². The molecule has 0 aliphatic heterocycles. The molecular formula is C15H14F3N. The maximum Gasteiger partial charge on any atom is 0.194 e. The molecule has 0 radical (unpaired) electrons. The van der Waals surface area contributed by atoms with Crippen molar-refractivity contribution in [3.05, 3.63) is 65.5 Å². The Balaban J connectivity index is 2.24.